The number of amides is 2. The highest BCUT2D eigenvalue weighted by molar-refractivity contribution is 5.82. The molecule has 6 heteroatoms. The molecule has 0 saturated carbocycles. The molecule has 0 aromatic carbocycles. The van der Waals surface area contributed by atoms with E-state index in [1.807, 2.05) is 27.7 Å². The molecule has 6 N–H and O–H groups in total. The fraction of sp³-hybridized carbons (Fsp3) is 0.889. The van der Waals surface area contributed by atoms with E-state index < -0.39 is 12.1 Å². The Morgan fingerprint density at radius 3 is 1.25 bits per heavy atom. The van der Waals surface area contributed by atoms with Gasteiger partial charge in [-0.05, 0) is 24.7 Å². The molecule has 2 amide bonds. The van der Waals surface area contributed by atoms with Crippen molar-refractivity contribution in [1.29, 1.82) is 0 Å². The normalized spacial score (nSPS) is 13.8. The number of hydrogen-bond donors (Lipinski definition) is 4. The summed E-state index contributed by atoms with van der Waals surface area (Å²) in [5, 5.41) is 5.77. The molecule has 0 unspecified atom stereocenters. The molecule has 0 aromatic heterocycles. The lowest BCUT2D eigenvalue weighted by atomic mass is 10.0. The van der Waals surface area contributed by atoms with E-state index in [0.29, 0.717) is 13.1 Å². The zero-order valence-corrected chi connectivity index (χ0v) is 15.9. The molecule has 0 aromatic rings. The average Bonchev–Trinajstić information content (AvgIpc) is 2.54. The van der Waals surface area contributed by atoms with E-state index >= 15 is 0 Å². The number of unbranched alkanes of at least 4 members (excludes halogenated alkanes) is 5. The fourth-order valence-corrected chi connectivity index (χ4v) is 2.22. The molecule has 0 radical (unpaired) electrons. The van der Waals surface area contributed by atoms with Crippen molar-refractivity contribution in [2.45, 2.75) is 78.3 Å². The van der Waals surface area contributed by atoms with Crippen molar-refractivity contribution < 1.29 is 9.59 Å². The molecular formula is C18H38N4O2. The van der Waals surface area contributed by atoms with Crippen molar-refractivity contribution in [2.24, 2.45) is 23.3 Å². The summed E-state index contributed by atoms with van der Waals surface area (Å²) >= 11 is 0. The van der Waals surface area contributed by atoms with E-state index in [1.165, 1.54) is 0 Å². The van der Waals surface area contributed by atoms with Crippen LogP contribution in [0.3, 0.4) is 0 Å². The second kappa shape index (κ2) is 13.2. The maximum atomic E-state index is 11.7. The van der Waals surface area contributed by atoms with Crippen LogP contribution in [-0.2, 0) is 9.59 Å². The highest BCUT2D eigenvalue weighted by Crippen LogP contribution is 2.05. The molecule has 142 valence electrons. The van der Waals surface area contributed by atoms with Crippen molar-refractivity contribution in [1.82, 2.24) is 10.6 Å². The summed E-state index contributed by atoms with van der Waals surface area (Å²) in [7, 11) is 0. The summed E-state index contributed by atoms with van der Waals surface area (Å²) in [5.74, 6) is 0.224. The van der Waals surface area contributed by atoms with E-state index in [9.17, 15) is 9.59 Å². The molecule has 0 aliphatic rings. The molecule has 2 atom stereocenters. The van der Waals surface area contributed by atoms with Crippen molar-refractivity contribution in [3.8, 4) is 0 Å². The number of rotatable bonds is 13. The number of carbonyl (C=O) groups excluding carboxylic acids is 2. The van der Waals surface area contributed by atoms with Gasteiger partial charge in [0.15, 0.2) is 0 Å². The summed E-state index contributed by atoms with van der Waals surface area (Å²) in [6.45, 7) is 9.18. The third-order valence-electron chi connectivity index (χ3n) is 4.24. The molecule has 0 saturated heterocycles. The number of nitrogens with one attached hydrogen (secondary N) is 2. The van der Waals surface area contributed by atoms with E-state index in [1.54, 1.807) is 0 Å². The number of carbonyl (C=O) groups is 2. The number of nitrogens with two attached hydrogens (primary N) is 2. The lowest BCUT2D eigenvalue weighted by Crippen LogP contribution is -2.44. The Morgan fingerprint density at radius 1 is 0.667 bits per heavy atom. The first-order valence-electron chi connectivity index (χ1n) is 9.34. The third-order valence-corrected chi connectivity index (χ3v) is 4.24. The maximum Gasteiger partial charge on any atom is 0.237 e. The predicted molar refractivity (Wildman–Crippen MR) is 99.3 cm³/mol. The second-order valence-electron chi connectivity index (χ2n) is 7.24. The average molecular weight is 343 g/mol. The van der Waals surface area contributed by atoms with Gasteiger partial charge in [0.05, 0.1) is 12.1 Å². The first-order chi connectivity index (χ1) is 11.3. The minimum Gasteiger partial charge on any atom is -0.355 e. The van der Waals surface area contributed by atoms with Crippen LogP contribution in [0.1, 0.15) is 66.2 Å². The van der Waals surface area contributed by atoms with Gasteiger partial charge >= 0.3 is 0 Å². The molecule has 0 rings (SSSR count). The number of hydrogen-bond acceptors (Lipinski definition) is 4. The minimum absolute atomic E-state index is 0.0552. The van der Waals surface area contributed by atoms with Crippen LogP contribution in [0.25, 0.3) is 0 Å². The Bertz CT molecular complexity index is 325. The fourth-order valence-electron chi connectivity index (χ4n) is 2.22. The van der Waals surface area contributed by atoms with Gasteiger partial charge in [-0.1, -0.05) is 53.4 Å². The van der Waals surface area contributed by atoms with Gasteiger partial charge in [-0.2, -0.15) is 0 Å². The van der Waals surface area contributed by atoms with Crippen LogP contribution in [0.4, 0.5) is 0 Å². The van der Waals surface area contributed by atoms with Gasteiger partial charge in [-0.15, -0.1) is 0 Å². The molecule has 24 heavy (non-hydrogen) atoms. The van der Waals surface area contributed by atoms with Crippen LogP contribution in [0, 0.1) is 11.8 Å². The summed E-state index contributed by atoms with van der Waals surface area (Å²) in [6, 6.07) is -0.826. The standard InChI is InChI=1S/C18H38N4O2/c1-13(2)15(19)17(23)21-11-9-7-5-6-8-10-12-22-18(24)16(20)14(3)4/h13-16H,5-12,19-20H2,1-4H3,(H,21,23)(H,22,24)/t15-,16-/m0/s1. The molecule has 0 aliphatic heterocycles. The smallest absolute Gasteiger partial charge is 0.237 e. The van der Waals surface area contributed by atoms with Gasteiger partial charge in [-0.3, -0.25) is 9.59 Å². The Balaban J connectivity index is 3.43. The van der Waals surface area contributed by atoms with E-state index in [0.717, 1.165) is 38.5 Å². The van der Waals surface area contributed by atoms with Gasteiger partial charge in [0, 0.05) is 13.1 Å². The summed E-state index contributed by atoms with van der Waals surface area (Å²) in [4.78, 5) is 23.3. The SMILES string of the molecule is CC(C)[C@H](N)C(=O)NCCCCCCCCNC(=O)[C@@H](N)C(C)C. The molecule has 0 fully saturated rings. The quantitative estimate of drug-likeness (QED) is 0.380. The van der Waals surface area contributed by atoms with Crippen molar-refractivity contribution in [3.63, 3.8) is 0 Å². The van der Waals surface area contributed by atoms with Crippen LogP contribution in [0.2, 0.25) is 0 Å². The Labute approximate surface area is 147 Å². The summed E-state index contributed by atoms with van der Waals surface area (Å²) in [6.07, 6.45) is 6.45. The maximum absolute atomic E-state index is 11.7. The Kier molecular flexibility index (Phi) is 12.6. The molecule has 0 aliphatic carbocycles. The Morgan fingerprint density at radius 2 is 0.958 bits per heavy atom. The zero-order chi connectivity index (χ0) is 18.5. The minimum atomic E-state index is -0.413. The first-order valence-corrected chi connectivity index (χ1v) is 9.34. The highest BCUT2D eigenvalue weighted by atomic mass is 16.2. The van der Waals surface area contributed by atoms with Gasteiger partial charge in [0.25, 0.3) is 0 Å². The predicted octanol–water partition coefficient (Wildman–Crippen LogP) is 1.53. The highest BCUT2D eigenvalue weighted by Gasteiger charge is 2.16. The van der Waals surface area contributed by atoms with Gasteiger partial charge in [0.2, 0.25) is 11.8 Å². The largest absolute Gasteiger partial charge is 0.355 e. The molecule has 6 nitrogen and oxygen atoms in total. The van der Waals surface area contributed by atoms with E-state index in [2.05, 4.69) is 10.6 Å². The van der Waals surface area contributed by atoms with Gasteiger partial charge in [0.1, 0.15) is 0 Å². The Hall–Kier alpha value is -1.14. The van der Waals surface area contributed by atoms with Crippen LogP contribution < -0.4 is 22.1 Å². The van der Waals surface area contributed by atoms with Gasteiger partial charge < -0.3 is 22.1 Å². The lowest BCUT2D eigenvalue weighted by molar-refractivity contribution is -0.124. The first kappa shape index (κ1) is 22.9. The van der Waals surface area contributed by atoms with Crippen LogP contribution in [-0.4, -0.2) is 37.0 Å². The topological polar surface area (TPSA) is 110 Å². The van der Waals surface area contributed by atoms with Crippen LogP contribution >= 0.6 is 0 Å². The third kappa shape index (κ3) is 10.6. The monoisotopic (exact) mass is 342 g/mol. The summed E-state index contributed by atoms with van der Waals surface area (Å²) < 4.78 is 0. The van der Waals surface area contributed by atoms with Gasteiger partial charge in [-0.25, -0.2) is 0 Å². The summed E-state index contributed by atoms with van der Waals surface area (Å²) in [5.41, 5.74) is 11.6. The van der Waals surface area contributed by atoms with Crippen molar-refractivity contribution in [2.75, 3.05) is 13.1 Å². The molecule has 0 bridgehead atoms. The second-order valence-corrected chi connectivity index (χ2v) is 7.24. The van der Waals surface area contributed by atoms with Crippen molar-refractivity contribution in [3.05, 3.63) is 0 Å². The molecular weight excluding hydrogens is 304 g/mol. The van der Waals surface area contributed by atoms with Crippen molar-refractivity contribution >= 4 is 11.8 Å². The molecule has 0 spiro atoms. The van der Waals surface area contributed by atoms with Crippen LogP contribution in [0.5, 0.6) is 0 Å². The van der Waals surface area contributed by atoms with Crippen LogP contribution in [0.15, 0.2) is 0 Å². The van der Waals surface area contributed by atoms with E-state index in [-0.39, 0.29) is 23.7 Å². The lowest BCUT2D eigenvalue weighted by Gasteiger charge is -2.15. The van der Waals surface area contributed by atoms with E-state index in [4.69, 9.17) is 11.5 Å². The molecule has 0 heterocycles. The zero-order valence-electron chi connectivity index (χ0n) is 15.9.